The molecule has 2 aromatic rings. The summed E-state index contributed by atoms with van der Waals surface area (Å²) in [5.74, 6) is 1.97. The number of furan rings is 1. The lowest BCUT2D eigenvalue weighted by molar-refractivity contribution is 0.495. The third-order valence-electron chi connectivity index (χ3n) is 2.96. The molecule has 0 aliphatic carbocycles. The molecule has 0 saturated carbocycles. The van der Waals surface area contributed by atoms with Crippen LogP contribution in [-0.2, 0) is 0 Å². The van der Waals surface area contributed by atoms with E-state index in [0.29, 0.717) is 0 Å². The summed E-state index contributed by atoms with van der Waals surface area (Å²) in [6.45, 7) is 9.22. The minimum Gasteiger partial charge on any atom is -0.466 e. The Morgan fingerprint density at radius 2 is 2.06 bits per heavy atom. The van der Waals surface area contributed by atoms with Crippen molar-refractivity contribution in [1.29, 1.82) is 0 Å². The van der Waals surface area contributed by atoms with Crippen LogP contribution in [0.25, 0.3) is 0 Å². The van der Waals surface area contributed by atoms with E-state index in [1.807, 2.05) is 25.2 Å². The van der Waals surface area contributed by atoms with Crippen molar-refractivity contribution in [3.63, 3.8) is 0 Å². The Morgan fingerprint density at radius 1 is 1.33 bits per heavy atom. The molecular formula is C14H18BrNOS. The molecule has 0 fully saturated rings. The molecular weight excluding hydrogens is 310 g/mol. The highest BCUT2D eigenvalue weighted by Gasteiger charge is 2.20. The lowest BCUT2D eigenvalue weighted by Crippen LogP contribution is -2.21. The number of halogens is 1. The third-order valence-corrected chi connectivity index (χ3v) is 5.16. The molecule has 2 heterocycles. The van der Waals surface area contributed by atoms with E-state index in [2.05, 4.69) is 47.2 Å². The molecule has 0 aromatic carbocycles. The van der Waals surface area contributed by atoms with Crippen LogP contribution in [0.2, 0.25) is 0 Å². The van der Waals surface area contributed by atoms with Gasteiger partial charge in [0.2, 0.25) is 0 Å². The highest BCUT2D eigenvalue weighted by Crippen LogP contribution is 2.35. The van der Waals surface area contributed by atoms with Crippen molar-refractivity contribution in [3.8, 4) is 0 Å². The Balaban J connectivity index is 2.42. The van der Waals surface area contributed by atoms with Crippen LogP contribution in [0.5, 0.6) is 0 Å². The van der Waals surface area contributed by atoms with Gasteiger partial charge in [-0.1, -0.05) is 6.92 Å². The Labute approximate surface area is 121 Å². The van der Waals surface area contributed by atoms with E-state index in [1.165, 1.54) is 19.8 Å². The van der Waals surface area contributed by atoms with Crippen LogP contribution in [0.4, 0.5) is 0 Å². The fourth-order valence-electron chi connectivity index (χ4n) is 2.13. The molecule has 1 atom stereocenters. The summed E-state index contributed by atoms with van der Waals surface area (Å²) >= 11 is 5.42. The number of nitrogens with one attached hydrogen (secondary N) is 1. The van der Waals surface area contributed by atoms with E-state index >= 15 is 0 Å². The predicted molar refractivity (Wildman–Crippen MR) is 80.5 cm³/mol. The van der Waals surface area contributed by atoms with E-state index in [1.54, 1.807) is 0 Å². The Bertz CT molecular complexity index is 524. The molecule has 0 radical (unpaired) electrons. The molecule has 4 heteroatoms. The van der Waals surface area contributed by atoms with Crippen LogP contribution >= 0.6 is 27.3 Å². The van der Waals surface area contributed by atoms with Gasteiger partial charge in [-0.25, -0.2) is 0 Å². The van der Waals surface area contributed by atoms with E-state index in [0.717, 1.165) is 18.1 Å². The van der Waals surface area contributed by atoms with Gasteiger partial charge in [0.1, 0.15) is 11.5 Å². The summed E-state index contributed by atoms with van der Waals surface area (Å²) in [6.07, 6.45) is 0. The van der Waals surface area contributed by atoms with Crippen LogP contribution in [0.3, 0.4) is 0 Å². The monoisotopic (exact) mass is 327 g/mol. The Morgan fingerprint density at radius 3 is 2.50 bits per heavy atom. The SMILES string of the molecule is CCNC(c1cc(Br)c(C)s1)c1cc(C)oc1C. The molecule has 0 spiro atoms. The molecule has 2 rings (SSSR count). The molecule has 98 valence electrons. The fraction of sp³-hybridized carbons (Fsp3) is 0.429. The second kappa shape index (κ2) is 5.59. The zero-order valence-electron chi connectivity index (χ0n) is 11.1. The van der Waals surface area contributed by atoms with Crippen molar-refractivity contribution in [2.75, 3.05) is 6.54 Å². The Kier molecular flexibility index (Phi) is 4.30. The summed E-state index contributed by atoms with van der Waals surface area (Å²) in [4.78, 5) is 2.64. The van der Waals surface area contributed by atoms with Crippen molar-refractivity contribution >= 4 is 27.3 Å². The molecule has 0 aliphatic rings. The van der Waals surface area contributed by atoms with Gasteiger partial charge in [-0.3, -0.25) is 0 Å². The van der Waals surface area contributed by atoms with Crippen LogP contribution in [-0.4, -0.2) is 6.54 Å². The van der Waals surface area contributed by atoms with Gasteiger partial charge >= 0.3 is 0 Å². The van der Waals surface area contributed by atoms with Gasteiger partial charge in [-0.2, -0.15) is 0 Å². The zero-order valence-corrected chi connectivity index (χ0v) is 13.5. The van der Waals surface area contributed by atoms with Crippen molar-refractivity contribution in [2.45, 2.75) is 33.7 Å². The van der Waals surface area contributed by atoms with Crippen LogP contribution in [0.15, 0.2) is 21.0 Å². The first-order chi connectivity index (χ1) is 8.52. The van der Waals surface area contributed by atoms with Crippen molar-refractivity contribution < 1.29 is 4.42 Å². The van der Waals surface area contributed by atoms with Gasteiger partial charge in [0.15, 0.2) is 0 Å². The second-order valence-corrected chi connectivity index (χ2v) is 6.55. The van der Waals surface area contributed by atoms with Gasteiger partial charge in [-0.15, -0.1) is 11.3 Å². The van der Waals surface area contributed by atoms with Gasteiger partial charge in [0.05, 0.1) is 6.04 Å². The van der Waals surface area contributed by atoms with E-state index in [9.17, 15) is 0 Å². The lowest BCUT2D eigenvalue weighted by atomic mass is 10.1. The number of hydrogen-bond acceptors (Lipinski definition) is 3. The maximum atomic E-state index is 5.65. The van der Waals surface area contributed by atoms with Crippen molar-refractivity contribution in [1.82, 2.24) is 5.32 Å². The minimum absolute atomic E-state index is 0.224. The summed E-state index contributed by atoms with van der Waals surface area (Å²) in [5.41, 5.74) is 1.24. The highest BCUT2D eigenvalue weighted by molar-refractivity contribution is 9.10. The highest BCUT2D eigenvalue weighted by atomic mass is 79.9. The first-order valence-electron chi connectivity index (χ1n) is 6.09. The average Bonchev–Trinajstić information content (AvgIpc) is 2.79. The number of aryl methyl sites for hydroxylation is 3. The van der Waals surface area contributed by atoms with E-state index in [4.69, 9.17) is 4.42 Å². The number of thiophene rings is 1. The normalized spacial score (nSPS) is 12.9. The molecule has 1 unspecified atom stereocenters. The molecule has 0 bridgehead atoms. The predicted octanol–water partition coefficient (Wildman–Crippen LogP) is 4.73. The molecule has 0 saturated heterocycles. The molecule has 2 aromatic heterocycles. The molecule has 18 heavy (non-hydrogen) atoms. The topological polar surface area (TPSA) is 25.2 Å². The molecule has 2 nitrogen and oxygen atoms in total. The van der Waals surface area contributed by atoms with Gasteiger partial charge in [0, 0.05) is 19.8 Å². The van der Waals surface area contributed by atoms with Crippen LogP contribution in [0.1, 0.15) is 39.8 Å². The summed E-state index contributed by atoms with van der Waals surface area (Å²) < 4.78 is 6.84. The number of rotatable bonds is 4. The average molecular weight is 328 g/mol. The Hall–Kier alpha value is -0.580. The summed E-state index contributed by atoms with van der Waals surface area (Å²) in [7, 11) is 0. The fourth-order valence-corrected chi connectivity index (χ4v) is 3.78. The summed E-state index contributed by atoms with van der Waals surface area (Å²) in [5, 5.41) is 3.54. The van der Waals surface area contributed by atoms with E-state index in [-0.39, 0.29) is 6.04 Å². The molecule has 1 N–H and O–H groups in total. The molecule has 0 amide bonds. The zero-order chi connectivity index (χ0) is 13.3. The van der Waals surface area contributed by atoms with Crippen molar-refractivity contribution in [3.05, 3.63) is 43.4 Å². The maximum Gasteiger partial charge on any atom is 0.106 e. The largest absolute Gasteiger partial charge is 0.466 e. The second-order valence-electron chi connectivity index (χ2n) is 4.41. The van der Waals surface area contributed by atoms with Gasteiger partial charge < -0.3 is 9.73 Å². The van der Waals surface area contributed by atoms with Gasteiger partial charge in [0.25, 0.3) is 0 Å². The van der Waals surface area contributed by atoms with E-state index < -0.39 is 0 Å². The smallest absolute Gasteiger partial charge is 0.106 e. The quantitative estimate of drug-likeness (QED) is 0.878. The minimum atomic E-state index is 0.224. The summed E-state index contributed by atoms with van der Waals surface area (Å²) in [6, 6.07) is 4.56. The first-order valence-corrected chi connectivity index (χ1v) is 7.70. The maximum absolute atomic E-state index is 5.65. The first kappa shape index (κ1) is 13.8. The lowest BCUT2D eigenvalue weighted by Gasteiger charge is -2.15. The standard InChI is InChI=1S/C14H18BrNOS/c1-5-16-14(11-6-8(2)17-9(11)3)13-7-12(15)10(4)18-13/h6-7,14,16H,5H2,1-4H3. The van der Waals surface area contributed by atoms with Crippen LogP contribution < -0.4 is 5.32 Å². The third kappa shape index (κ3) is 2.71. The van der Waals surface area contributed by atoms with Crippen molar-refractivity contribution in [2.24, 2.45) is 0 Å². The molecule has 0 aliphatic heterocycles. The van der Waals surface area contributed by atoms with Gasteiger partial charge in [-0.05, 0) is 55.4 Å². The number of hydrogen-bond donors (Lipinski definition) is 1. The van der Waals surface area contributed by atoms with Crippen LogP contribution in [0, 0.1) is 20.8 Å².